The summed E-state index contributed by atoms with van der Waals surface area (Å²) in [6.45, 7) is 6.36. The summed E-state index contributed by atoms with van der Waals surface area (Å²) in [5.41, 5.74) is 0.0446. The highest BCUT2D eigenvalue weighted by Crippen LogP contribution is 2.22. The maximum Gasteiger partial charge on any atom is 0.175 e. The van der Waals surface area contributed by atoms with Crippen LogP contribution in [-0.4, -0.2) is 32.5 Å². The normalized spacial score (nSPS) is 14.2. The first-order valence-corrected chi connectivity index (χ1v) is 8.08. The minimum atomic E-state index is -3.18. The Balaban J connectivity index is 2.55. The Morgan fingerprint density at radius 1 is 1.21 bits per heavy atom. The molecule has 0 saturated carbocycles. The predicted molar refractivity (Wildman–Crippen MR) is 75.1 cm³/mol. The van der Waals surface area contributed by atoms with Crippen molar-refractivity contribution in [1.29, 1.82) is 0 Å². The van der Waals surface area contributed by atoms with Crippen LogP contribution < -0.4 is 4.74 Å². The van der Waals surface area contributed by atoms with Gasteiger partial charge in [-0.05, 0) is 36.1 Å². The topological polar surface area (TPSA) is 63.6 Å². The fourth-order valence-corrected chi connectivity index (χ4v) is 2.37. The van der Waals surface area contributed by atoms with Crippen LogP contribution in [-0.2, 0) is 9.84 Å². The lowest BCUT2D eigenvalue weighted by Crippen LogP contribution is -2.23. The van der Waals surface area contributed by atoms with Crippen molar-refractivity contribution in [2.24, 2.45) is 5.41 Å². The third kappa shape index (κ3) is 6.07. The third-order valence-corrected chi connectivity index (χ3v) is 3.67. The summed E-state index contributed by atoms with van der Waals surface area (Å²) in [6.07, 6.45) is 1.28. The first-order valence-electron chi connectivity index (χ1n) is 6.19. The van der Waals surface area contributed by atoms with Gasteiger partial charge in [0.15, 0.2) is 9.84 Å². The van der Waals surface area contributed by atoms with Crippen LogP contribution in [0.4, 0.5) is 0 Å². The van der Waals surface area contributed by atoms with Crippen LogP contribution in [0.15, 0.2) is 29.2 Å². The lowest BCUT2D eigenvalue weighted by Gasteiger charge is -2.22. The van der Waals surface area contributed by atoms with Gasteiger partial charge in [-0.3, -0.25) is 0 Å². The molecule has 0 fully saturated rings. The number of ether oxygens (including phenoxy) is 1. The maximum absolute atomic E-state index is 11.3. The van der Waals surface area contributed by atoms with E-state index in [4.69, 9.17) is 4.74 Å². The Hall–Kier alpha value is -1.07. The van der Waals surface area contributed by atoms with E-state index < -0.39 is 15.9 Å². The molecule has 1 N–H and O–H groups in total. The maximum atomic E-state index is 11.3. The molecule has 0 saturated heterocycles. The SMILES string of the molecule is CC(C)(C)C[C@@H](O)COc1ccc(S(C)(=O)=O)cc1. The molecule has 0 aliphatic carbocycles. The number of hydrogen-bond acceptors (Lipinski definition) is 4. The summed E-state index contributed by atoms with van der Waals surface area (Å²) in [5, 5.41) is 9.81. The van der Waals surface area contributed by atoms with Crippen LogP contribution in [0.3, 0.4) is 0 Å². The number of benzene rings is 1. The largest absolute Gasteiger partial charge is 0.491 e. The van der Waals surface area contributed by atoms with E-state index >= 15 is 0 Å². The molecular formula is C14H22O4S. The molecule has 0 aliphatic heterocycles. The predicted octanol–water partition coefficient (Wildman–Crippen LogP) is 2.27. The van der Waals surface area contributed by atoms with Crippen molar-refractivity contribution in [3.05, 3.63) is 24.3 Å². The molecule has 0 aliphatic rings. The Morgan fingerprint density at radius 2 is 1.74 bits per heavy atom. The van der Waals surface area contributed by atoms with Crippen molar-refractivity contribution in [3.63, 3.8) is 0 Å². The zero-order valence-electron chi connectivity index (χ0n) is 11.9. The van der Waals surface area contributed by atoms with Crippen molar-refractivity contribution < 1.29 is 18.3 Å². The lowest BCUT2D eigenvalue weighted by molar-refractivity contribution is 0.0710. The van der Waals surface area contributed by atoms with E-state index in [1.807, 2.05) is 0 Å². The average Bonchev–Trinajstić information content (AvgIpc) is 2.23. The molecule has 1 atom stereocenters. The van der Waals surface area contributed by atoms with E-state index in [-0.39, 0.29) is 16.9 Å². The van der Waals surface area contributed by atoms with Crippen LogP contribution in [0.2, 0.25) is 0 Å². The Bertz CT molecular complexity index is 497. The standard InChI is InChI=1S/C14H22O4S/c1-14(2,3)9-11(15)10-18-12-5-7-13(8-6-12)19(4,16)17/h5-8,11,15H,9-10H2,1-4H3/t11-/m1/s1. The van der Waals surface area contributed by atoms with Crippen LogP contribution in [0.25, 0.3) is 0 Å². The lowest BCUT2D eigenvalue weighted by atomic mass is 9.89. The van der Waals surface area contributed by atoms with E-state index in [0.29, 0.717) is 12.2 Å². The van der Waals surface area contributed by atoms with Gasteiger partial charge in [0.1, 0.15) is 12.4 Å². The van der Waals surface area contributed by atoms with Crippen molar-refractivity contribution in [1.82, 2.24) is 0 Å². The highest BCUT2D eigenvalue weighted by atomic mass is 32.2. The van der Waals surface area contributed by atoms with Gasteiger partial charge in [-0.25, -0.2) is 8.42 Å². The Morgan fingerprint density at radius 3 is 2.16 bits per heavy atom. The molecule has 5 heteroatoms. The monoisotopic (exact) mass is 286 g/mol. The van der Waals surface area contributed by atoms with Crippen LogP contribution in [0, 0.1) is 5.41 Å². The molecule has 0 spiro atoms. The van der Waals surface area contributed by atoms with E-state index in [1.54, 1.807) is 12.1 Å². The van der Waals surface area contributed by atoms with Crippen molar-refractivity contribution >= 4 is 9.84 Å². The smallest absolute Gasteiger partial charge is 0.175 e. The summed E-state index contributed by atoms with van der Waals surface area (Å²) in [7, 11) is -3.18. The van der Waals surface area contributed by atoms with Gasteiger partial charge in [0.2, 0.25) is 0 Å². The molecule has 4 nitrogen and oxygen atoms in total. The molecule has 0 bridgehead atoms. The van der Waals surface area contributed by atoms with Gasteiger partial charge in [0.25, 0.3) is 0 Å². The minimum absolute atomic E-state index is 0.0446. The first kappa shape index (κ1) is 16.0. The molecule has 0 radical (unpaired) electrons. The van der Waals surface area contributed by atoms with E-state index in [1.165, 1.54) is 12.1 Å². The molecule has 108 valence electrons. The molecule has 0 heterocycles. The molecule has 1 aromatic carbocycles. The van der Waals surface area contributed by atoms with Crippen molar-refractivity contribution in [3.8, 4) is 5.75 Å². The molecule has 0 unspecified atom stereocenters. The molecule has 1 rings (SSSR count). The van der Waals surface area contributed by atoms with Crippen LogP contribution in [0.1, 0.15) is 27.2 Å². The summed E-state index contributed by atoms with van der Waals surface area (Å²) in [4.78, 5) is 0.259. The number of sulfone groups is 1. The highest BCUT2D eigenvalue weighted by molar-refractivity contribution is 7.90. The Labute approximate surface area is 115 Å². The molecule has 0 aromatic heterocycles. The molecule has 1 aromatic rings. The number of aliphatic hydroxyl groups excluding tert-OH is 1. The quantitative estimate of drug-likeness (QED) is 0.902. The average molecular weight is 286 g/mol. The van der Waals surface area contributed by atoms with Gasteiger partial charge in [0, 0.05) is 6.26 Å². The zero-order valence-corrected chi connectivity index (χ0v) is 12.7. The van der Waals surface area contributed by atoms with Gasteiger partial charge >= 0.3 is 0 Å². The molecule has 0 amide bonds. The first-order chi connectivity index (χ1) is 8.58. The van der Waals surface area contributed by atoms with Gasteiger partial charge in [-0.2, -0.15) is 0 Å². The van der Waals surface area contributed by atoms with Crippen molar-refractivity contribution in [2.75, 3.05) is 12.9 Å². The van der Waals surface area contributed by atoms with Crippen LogP contribution >= 0.6 is 0 Å². The fraction of sp³-hybridized carbons (Fsp3) is 0.571. The third-order valence-electron chi connectivity index (χ3n) is 2.54. The molecular weight excluding hydrogens is 264 g/mol. The van der Waals surface area contributed by atoms with E-state index in [0.717, 1.165) is 6.26 Å². The van der Waals surface area contributed by atoms with Gasteiger partial charge in [-0.1, -0.05) is 20.8 Å². The summed E-state index contributed by atoms with van der Waals surface area (Å²) < 4.78 is 28.0. The number of rotatable bonds is 5. The van der Waals surface area contributed by atoms with E-state index in [2.05, 4.69) is 20.8 Å². The summed E-state index contributed by atoms with van der Waals surface area (Å²) in [6, 6.07) is 6.20. The zero-order chi connectivity index (χ0) is 14.7. The van der Waals surface area contributed by atoms with E-state index in [9.17, 15) is 13.5 Å². The number of hydrogen-bond donors (Lipinski definition) is 1. The summed E-state index contributed by atoms with van der Waals surface area (Å²) in [5.74, 6) is 0.556. The second kappa shape index (κ2) is 5.92. The Kier molecular flexibility index (Phi) is 4.98. The summed E-state index contributed by atoms with van der Waals surface area (Å²) >= 11 is 0. The van der Waals surface area contributed by atoms with Crippen LogP contribution in [0.5, 0.6) is 5.75 Å². The van der Waals surface area contributed by atoms with Gasteiger partial charge in [0.05, 0.1) is 11.0 Å². The highest BCUT2D eigenvalue weighted by Gasteiger charge is 2.17. The van der Waals surface area contributed by atoms with Gasteiger partial charge < -0.3 is 9.84 Å². The fourth-order valence-electron chi connectivity index (χ4n) is 1.74. The minimum Gasteiger partial charge on any atom is -0.491 e. The van der Waals surface area contributed by atoms with Crippen molar-refractivity contribution in [2.45, 2.75) is 38.2 Å². The number of aliphatic hydroxyl groups is 1. The second-order valence-electron chi connectivity index (χ2n) is 5.97. The molecule has 19 heavy (non-hydrogen) atoms. The second-order valence-corrected chi connectivity index (χ2v) is 7.99. The van der Waals surface area contributed by atoms with Gasteiger partial charge in [-0.15, -0.1) is 0 Å².